The van der Waals surface area contributed by atoms with Gasteiger partial charge >= 0.3 is 0 Å². The Kier molecular flexibility index (Phi) is 5.03. The van der Waals surface area contributed by atoms with E-state index in [4.69, 9.17) is 5.84 Å². The number of hydrazine groups is 1. The second-order valence-corrected chi connectivity index (χ2v) is 5.78. The molecule has 0 aliphatic carbocycles. The Morgan fingerprint density at radius 1 is 1.53 bits per heavy atom. The summed E-state index contributed by atoms with van der Waals surface area (Å²) in [7, 11) is 0. The molecule has 8 heteroatoms. The first kappa shape index (κ1) is 14.6. The molecule has 0 aromatic carbocycles. The minimum atomic E-state index is -0.140. The lowest BCUT2D eigenvalue weighted by Crippen LogP contribution is -2.31. The molecule has 19 heavy (non-hydrogen) atoms. The summed E-state index contributed by atoms with van der Waals surface area (Å²) < 4.78 is 6.94. The van der Waals surface area contributed by atoms with E-state index in [1.807, 2.05) is 4.68 Å². The standard InChI is InChI=1S/C11H17BrN6S/c1-3-5-18-10(7(12)6-14-18)9(15-13)11-8(4-2)16-17-19-11/h6,9,15H,3-5,13H2,1-2H3. The number of nitrogens with two attached hydrogens (primary N) is 1. The summed E-state index contributed by atoms with van der Waals surface area (Å²) in [4.78, 5) is 1.04. The molecule has 2 heterocycles. The Morgan fingerprint density at radius 3 is 2.95 bits per heavy atom. The molecule has 0 saturated carbocycles. The summed E-state index contributed by atoms with van der Waals surface area (Å²) >= 11 is 4.92. The zero-order valence-electron chi connectivity index (χ0n) is 10.9. The van der Waals surface area contributed by atoms with Crippen molar-refractivity contribution >= 4 is 27.5 Å². The quantitative estimate of drug-likeness (QED) is 0.618. The van der Waals surface area contributed by atoms with Gasteiger partial charge in [-0.25, -0.2) is 5.43 Å². The monoisotopic (exact) mass is 344 g/mol. The van der Waals surface area contributed by atoms with Gasteiger partial charge in [0.15, 0.2) is 0 Å². The first-order valence-electron chi connectivity index (χ1n) is 6.21. The van der Waals surface area contributed by atoms with Gasteiger partial charge in [0.1, 0.15) is 6.04 Å². The minimum Gasteiger partial charge on any atom is -0.270 e. The Bertz CT molecular complexity index is 537. The van der Waals surface area contributed by atoms with E-state index in [1.165, 1.54) is 11.5 Å². The number of nitrogens with zero attached hydrogens (tertiary/aromatic N) is 4. The molecule has 0 bridgehead atoms. The maximum absolute atomic E-state index is 5.75. The van der Waals surface area contributed by atoms with E-state index in [0.717, 1.165) is 40.1 Å². The lowest BCUT2D eigenvalue weighted by atomic mass is 10.1. The van der Waals surface area contributed by atoms with Crippen LogP contribution < -0.4 is 11.3 Å². The van der Waals surface area contributed by atoms with Crippen molar-refractivity contribution in [1.29, 1.82) is 0 Å². The van der Waals surface area contributed by atoms with Gasteiger partial charge < -0.3 is 0 Å². The van der Waals surface area contributed by atoms with E-state index >= 15 is 0 Å². The summed E-state index contributed by atoms with van der Waals surface area (Å²) in [5.41, 5.74) is 4.86. The summed E-state index contributed by atoms with van der Waals surface area (Å²) in [6.45, 7) is 5.04. The highest BCUT2D eigenvalue weighted by molar-refractivity contribution is 9.10. The molecule has 0 aliphatic heterocycles. The smallest absolute Gasteiger partial charge is 0.102 e. The van der Waals surface area contributed by atoms with Crippen LogP contribution in [0.25, 0.3) is 0 Å². The fourth-order valence-corrected chi connectivity index (χ4v) is 3.34. The van der Waals surface area contributed by atoms with Crippen molar-refractivity contribution in [3.63, 3.8) is 0 Å². The second kappa shape index (κ2) is 6.56. The van der Waals surface area contributed by atoms with Crippen molar-refractivity contribution in [3.8, 4) is 0 Å². The molecule has 1 atom stereocenters. The summed E-state index contributed by atoms with van der Waals surface area (Å²) in [6, 6.07) is -0.140. The third kappa shape index (κ3) is 2.86. The van der Waals surface area contributed by atoms with E-state index < -0.39 is 0 Å². The lowest BCUT2D eigenvalue weighted by Gasteiger charge is -2.17. The molecular formula is C11H17BrN6S. The highest BCUT2D eigenvalue weighted by atomic mass is 79.9. The lowest BCUT2D eigenvalue weighted by molar-refractivity contribution is 0.521. The Labute approximate surface area is 124 Å². The molecule has 0 radical (unpaired) electrons. The van der Waals surface area contributed by atoms with E-state index in [9.17, 15) is 0 Å². The summed E-state index contributed by atoms with van der Waals surface area (Å²) in [6.07, 6.45) is 3.65. The van der Waals surface area contributed by atoms with Gasteiger partial charge in [-0.3, -0.25) is 10.5 Å². The molecule has 0 fully saturated rings. The predicted molar refractivity (Wildman–Crippen MR) is 78.7 cm³/mol. The summed E-state index contributed by atoms with van der Waals surface area (Å²) in [5, 5.41) is 8.52. The Morgan fingerprint density at radius 2 is 2.32 bits per heavy atom. The zero-order chi connectivity index (χ0) is 13.8. The second-order valence-electron chi connectivity index (χ2n) is 4.14. The zero-order valence-corrected chi connectivity index (χ0v) is 13.3. The molecule has 2 aromatic heterocycles. The van der Waals surface area contributed by atoms with Crippen LogP contribution in [0.15, 0.2) is 10.7 Å². The number of hydrogen-bond donors (Lipinski definition) is 2. The number of aryl methyl sites for hydroxylation is 2. The van der Waals surface area contributed by atoms with Gasteiger partial charge in [0.2, 0.25) is 0 Å². The van der Waals surface area contributed by atoms with Crippen molar-refractivity contribution in [2.75, 3.05) is 0 Å². The maximum Gasteiger partial charge on any atom is 0.102 e. The number of halogens is 1. The fourth-order valence-electron chi connectivity index (χ4n) is 2.01. The van der Waals surface area contributed by atoms with Crippen LogP contribution in [0.4, 0.5) is 0 Å². The van der Waals surface area contributed by atoms with Crippen molar-refractivity contribution in [1.82, 2.24) is 24.8 Å². The fraction of sp³-hybridized carbons (Fsp3) is 0.545. The molecule has 0 amide bonds. The first-order chi connectivity index (χ1) is 9.22. The van der Waals surface area contributed by atoms with Crippen LogP contribution in [0.2, 0.25) is 0 Å². The van der Waals surface area contributed by atoms with Crippen LogP contribution in [0.5, 0.6) is 0 Å². The van der Waals surface area contributed by atoms with Crippen LogP contribution in [-0.2, 0) is 13.0 Å². The van der Waals surface area contributed by atoms with E-state index in [0.29, 0.717) is 0 Å². The number of rotatable bonds is 6. The van der Waals surface area contributed by atoms with Crippen LogP contribution in [0.1, 0.15) is 42.6 Å². The van der Waals surface area contributed by atoms with Gasteiger partial charge in [-0.05, 0) is 40.3 Å². The van der Waals surface area contributed by atoms with E-state index in [-0.39, 0.29) is 6.04 Å². The Balaban J connectivity index is 2.45. The predicted octanol–water partition coefficient (Wildman–Crippen LogP) is 2.02. The largest absolute Gasteiger partial charge is 0.270 e. The van der Waals surface area contributed by atoms with Gasteiger partial charge in [0.25, 0.3) is 0 Å². The van der Waals surface area contributed by atoms with Gasteiger partial charge in [-0.1, -0.05) is 18.3 Å². The molecule has 0 aliphatic rings. The van der Waals surface area contributed by atoms with Crippen LogP contribution in [-0.4, -0.2) is 19.4 Å². The molecular weight excluding hydrogens is 328 g/mol. The summed E-state index contributed by atoms with van der Waals surface area (Å²) in [5.74, 6) is 5.75. The third-order valence-corrected chi connectivity index (χ3v) is 4.33. The molecule has 2 rings (SSSR count). The van der Waals surface area contributed by atoms with Gasteiger partial charge in [-0.15, -0.1) is 5.10 Å². The number of aromatic nitrogens is 4. The van der Waals surface area contributed by atoms with Crippen molar-refractivity contribution < 1.29 is 0 Å². The number of hydrogen-bond acceptors (Lipinski definition) is 6. The van der Waals surface area contributed by atoms with Crippen LogP contribution in [0, 0.1) is 0 Å². The molecule has 0 spiro atoms. The molecule has 0 saturated heterocycles. The molecule has 104 valence electrons. The average molecular weight is 345 g/mol. The highest BCUT2D eigenvalue weighted by Crippen LogP contribution is 2.31. The Hall–Kier alpha value is -0.830. The van der Waals surface area contributed by atoms with Gasteiger partial charge in [-0.2, -0.15) is 5.10 Å². The van der Waals surface area contributed by atoms with Gasteiger partial charge in [0.05, 0.1) is 26.9 Å². The van der Waals surface area contributed by atoms with Crippen LogP contribution >= 0.6 is 27.5 Å². The molecule has 6 nitrogen and oxygen atoms in total. The maximum atomic E-state index is 5.75. The van der Waals surface area contributed by atoms with Crippen LogP contribution in [0.3, 0.4) is 0 Å². The van der Waals surface area contributed by atoms with Gasteiger partial charge in [0, 0.05) is 6.54 Å². The van der Waals surface area contributed by atoms with Crippen molar-refractivity contribution in [3.05, 3.63) is 26.9 Å². The number of nitrogens with one attached hydrogen (secondary N) is 1. The van der Waals surface area contributed by atoms with E-state index in [1.54, 1.807) is 6.20 Å². The van der Waals surface area contributed by atoms with E-state index in [2.05, 4.69) is 49.9 Å². The highest BCUT2D eigenvalue weighted by Gasteiger charge is 2.25. The van der Waals surface area contributed by atoms with Crippen molar-refractivity contribution in [2.45, 2.75) is 39.3 Å². The van der Waals surface area contributed by atoms with Crippen molar-refractivity contribution in [2.24, 2.45) is 5.84 Å². The normalized spacial score (nSPS) is 12.8. The third-order valence-electron chi connectivity index (χ3n) is 2.89. The molecule has 3 N–H and O–H groups in total. The molecule has 1 unspecified atom stereocenters. The minimum absolute atomic E-state index is 0.140. The first-order valence-corrected chi connectivity index (χ1v) is 7.77. The average Bonchev–Trinajstić information content (AvgIpc) is 3.01. The SMILES string of the molecule is CCCn1ncc(Br)c1C(NN)c1snnc1CC. The topological polar surface area (TPSA) is 81.7 Å². The molecule has 2 aromatic rings.